The molecule has 20 heavy (non-hydrogen) atoms. The van der Waals surface area contributed by atoms with E-state index in [1.165, 1.54) is 0 Å². The van der Waals surface area contributed by atoms with E-state index in [9.17, 15) is 14.7 Å². The van der Waals surface area contributed by atoms with Crippen molar-refractivity contribution in [1.82, 2.24) is 9.30 Å². The van der Waals surface area contributed by atoms with Crippen molar-refractivity contribution < 1.29 is 14.7 Å². The quantitative estimate of drug-likeness (QED) is 0.883. The molecule has 0 spiro atoms. The van der Waals surface area contributed by atoms with Crippen LogP contribution in [0.3, 0.4) is 0 Å². The molecule has 104 valence electrons. The SMILES string of the molecule is CN1CCN(c2c(C(=O)O)cc3ccccn23)C(=O)C1. The normalized spacial score (nSPS) is 16.9. The summed E-state index contributed by atoms with van der Waals surface area (Å²) in [5.74, 6) is -0.647. The molecule has 1 fully saturated rings. The molecule has 0 bridgehead atoms. The molecule has 0 saturated carbocycles. The van der Waals surface area contributed by atoms with Gasteiger partial charge in [0.25, 0.3) is 0 Å². The molecule has 3 heterocycles. The van der Waals surface area contributed by atoms with Gasteiger partial charge in [0.1, 0.15) is 11.4 Å². The van der Waals surface area contributed by atoms with E-state index in [0.717, 1.165) is 12.1 Å². The largest absolute Gasteiger partial charge is 0.478 e. The average molecular weight is 273 g/mol. The monoisotopic (exact) mass is 273 g/mol. The Labute approximate surface area is 115 Å². The highest BCUT2D eigenvalue weighted by molar-refractivity contribution is 6.03. The molecular formula is C14H15N3O3. The van der Waals surface area contributed by atoms with Gasteiger partial charge in [-0.25, -0.2) is 4.79 Å². The van der Waals surface area contributed by atoms with Crippen LogP contribution < -0.4 is 4.90 Å². The summed E-state index contributed by atoms with van der Waals surface area (Å²) in [7, 11) is 1.88. The van der Waals surface area contributed by atoms with Crippen LogP contribution in [0.1, 0.15) is 10.4 Å². The fourth-order valence-corrected chi connectivity index (χ4v) is 2.56. The zero-order valence-corrected chi connectivity index (χ0v) is 11.1. The first-order valence-electron chi connectivity index (χ1n) is 6.40. The third-order valence-corrected chi connectivity index (χ3v) is 3.55. The van der Waals surface area contributed by atoms with Gasteiger partial charge in [0.2, 0.25) is 5.91 Å². The number of carboxylic acids is 1. The number of pyridine rings is 1. The molecule has 1 aliphatic heterocycles. The maximum absolute atomic E-state index is 12.2. The summed E-state index contributed by atoms with van der Waals surface area (Å²) in [6.07, 6.45) is 1.78. The number of anilines is 1. The Bertz CT molecular complexity index is 692. The number of likely N-dealkylation sites (N-methyl/N-ethyl adjacent to an activating group) is 1. The molecule has 1 N–H and O–H groups in total. The fourth-order valence-electron chi connectivity index (χ4n) is 2.56. The summed E-state index contributed by atoms with van der Waals surface area (Å²) in [6, 6.07) is 7.10. The molecule has 3 rings (SSSR count). The molecule has 2 aromatic heterocycles. The highest BCUT2D eigenvalue weighted by Crippen LogP contribution is 2.27. The van der Waals surface area contributed by atoms with Crippen molar-refractivity contribution in [3.05, 3.63) is 36.0 Å². The van der Waals surface area contributed by atoms with Gasteiger partial charge in [0, 0.05) is 24.8 Å². The van der Waals surface area contributed by atoms with Crippen LogP contribution in [0.2, 0.25) is 0 Å². The Morgan fingerprint density at radius 2 is 2.10 bits per heavy atom. The average Bonchev–Trinajstić information content (AvgIpc) is 2.78. The van der Waals surface area contributed by atoms with Crippen molar-refractivity contribution in [3.63, 3.8) is 0 Å². The van der Waals surface area contributed by atoms with Gasteiger partial charge in [-0.15, -0.1) is 0 Å². The lowest BCUT2D eigenvalue weighted by Crippen LogP contribution is -2.49. The van der Waals surface area contributed by atoms with Crippen molar-refractivity contribution in [2.75, 3.05) is 31.6 Å². The van der Waals surface area contributed by atoms with E-state index in [0.29, 0.717) is 18.9 Å². The lowest BCUT2D eigenvalue weighted by molar-refractivity contribution is -0.120. The molecule has 1 saturated heterocycles. The third-order valence-electron chi connectivity index (χ3n) is 3.55. The molecule has 0 atom stereocenters. The fraction of sp³-hybridized carbons (Fsp3) is 0.286. The van der Waals surface area contributed by atoms with Gasteiger partial charge in [0.05, 0.1) is 6.54 Å². The van der Waals surface area contributed by atoms with Gasteiger partial charge in [-0.05, 0) is 25.2 Å². The second-order valence-electron chi connectivity index (χ2n) is 4.97. The zero-order chi connectivity index (χ0) is 14.3. The minimum absolute atomic E-state index is 0.0786. The van der Waals surface area contributed by atoms with Crippen LogP contribution in [-0.2, 0) is 4.79 Å². The van der Waals surface area contributed by atoms with E-state index in [4.69, 9.17) is 0 Å². The topological polar surface area (TPSA) is 65.3 Å². The summed E-state index contributed by atoms with van der Waals surface area (Å²) in [4.78, 5) is 27.1. The van der Waals surface area contributed by atoms with Crippen LogP contribution in [0, 0.1) is 0 Å². The predicted molar refractivity (Wildman–Crippen MR) is 74.2 cm³/mol. The minimum atomic E-state index is -1.02. The molecule has 2 aromatic rings. The molecular weight excluding hydrogens is 258 g/mol. The molecule has 1 amide bonds. The molecule has 0 radical (unpaired) electrons. The van der Waals surface area contributed by atoms with E-state index < -0.39 is 5.97 Å². The number of carbonyl (C=O) groups is 2. The van der Waals surface area contributed by atoms with Crippen molar-refractivity contribution in [3.8, 4) is 0 Å². The summed E-state index contributed by atoms with van der Waals surface area (Å²) in [5, 5.41) is 9.37. The van der Waals surface area contributed by atoms with Crippen molar-refractivity contribution in [2.24, 2.45) is 0 Å². The third kappa shape index (κ3) is 1.94. The van der Waals surface area contributed by atoms with E-state index in [-0.39, 0.29) is 11.5 Å². The molecule has 6 nitrogen and oxygen atoms in total. The smallest absolute Gasteiger partial charge is 0.339 e. The van der Waals surface area contributed by atoms with Gasteiger partial charge in [-0.1, -0.05) is 6.07 Å². The first-order chi connectivity index (χ1) is 9.58. The Kier molecular flexibility index (Phi) is 2.94. The second kappa shape index (κ2) is 4.64. The van der Waals surface area contributed by atoms with Crippen LogP contribution in [-0.4, -0.2) is 53.0 Å². The first-order valence-corrected chi connectivity index (χ1v) is 6.40. The number of rotatable bonds is 2. The van der Waals surface area contributed by atoms with Crippen molar-refractivity contribution >= 4 is 23.2 Å². The number of carboxylic acid groups (broad SMARTS) is 1. The van der Waals surface area contributed by atoms with Gasteiger partial charge < -0.3 is 9.51 Å². The van der Waals surface area contributed by atoms with Gasteiger partial charge in [-0.2, -0.15) is 0 Å². The van der Waals surface area contributed by atoms with E-state index in [1.807, 2.05) is 30.1 Å². The van der Waals surface area contributed by atoms with Gasteiger partial charge >= 0.3 is 5.97 Å². The van der Waals surface area contributed by atoms with Crippen LogP contribution in [0.5, 0.6) is 0 Å². The number of fused-ring (bicyclic) bond motifs is 1. The highest BCUT2D eigenvalue weighted by atomic mass is 16.4. The molecule has 6 heteroatoms. The van der Waals surface area contributed by atoms with Gasteiger partial charge in [0.15, 0.2) is 0 Å². The second-order valence-corrected chi connectivity index (χ2v) is 4.97. The van der Waals surface area contributed by atoms with Crippen LogP contribution in [0.4, 0.5) is 5.82 Å². The lowest BCUT2D eigenvalue weighted by Gasteiger charge is -2.32. The van der Waals surface area contributed by atoms with E-state index >= 15 is 0 Å². The van der Waals surface area contributed by atoms with Crippen molar-refractivity contribution in [1.29, 1.82) is 0 Å². The Hall–Kier alpha value is -2.34. The number of nitrogens with zero attached hydrogens (tertiary/aromatic N) is 3. The number of hydrogen-bond acceptors (Lipinski definition) is 3. The molecule has 0 aromatic carbocycles. The Morgan fingerprint density at radius 3 is 2.80 bits per heavy atom. The van der Waals surface area contributed by atoms with E-state index in [2.05, 4.69) is 0 Å². The maximum Gasteiger partial charge on any atom is 0.339 e. The Morgan fingerprint density at radius 1 is 1.30 bits per heavy atom. The first kappa shape index (κ1) is 12.7. The highest BCUT2D eigenvalue weighted by Gasteiger charge is 2.29. The summed E-state index contributed by atoms with van der Waals surface area (Å²) in [5.41, 5.74) is 0.931. The summed E-state index contributed by atoms with van der Waals surface area (Å²) in [6.45, 7) is 1.53. The minimum Gasteiger partial charge on any atom is -0.478 e. The number of carbonyl (C=O) groups excluding carboxylic acids is 1. The number of hydrogen-bond donors (Lipinski definition) is 1. The van der Waals surface area contributed by atoms with Crippen molar-refractivity contribution in [2.45, 2.75) is 0 Å². The standard InChI is InChI=1S/C14H15N3O3/c1-15-6-7-17(12(18)9-15)13-11(14(19)20)8-10-4-2-3-5-16(10)13/h2-5,8H,6-7,9H2,1H3,(H,19,20). The molecule has 0 unspecified atom stereocenters. The Balaban J connectivity index is 2.16. The van der Waals surface area contributed by atoms with Crippen LogP contribution in [0.25, 0.3) is 5.52 Å². The molecule has 0 aliphatic carbocycles. The molecule has 1 aliphatic rings. The van der Waals surface area contributed by atoms with E-state index in [1.54, 1.807) is 21.6 Å². The predicted octanol–water partition coefficient (Wildman–Crippen LogP) is 0.916. The summed E-state index contributed by atoms with van der Waals surface area (Å²) < 4.78 is 1.76. The number of piperazine rings is 1. The number of amides is 1. The van der Waals surface area contributed by atoms with Crippen LogP contribution >= 0.6 is 0 Å². The number of aromatic carboxylic acids is 1. The maximum atomic E-state index is 12.2. The lowest BCUT2D eigenvalue weighted by atomic mass is 10.2. The van der Waals surface area contributed by atoms with Crippen LogP contribution in [0.15, 0.2) is 30.5 Å². The number of aromatic nitrogens is 1. The zero-order valence-electron chi connectivity index (χ0n) is 11.1. The van der Waals surface area contributed by atoms with Gasteiger partial charge in [-0.3, -0.25) is 14.6 Å². The summed E-state index contributed by atoms with van der Waals surface area (Å²) >= 11 is 0.